The van der Waals surface area contributed by atoms with Gasteiger partial charge in [0.2, 0.25) is 0 Å². The summed E-state index contributed by atoms with van der Waals surface area (Å²) in [6.07, 6.45) is 8.88. The Bertz CT molecular complexity index is 457. The summed E-state index contributed by atoms with van der Waals surface area (Å²) >= 11 is 0. The monoisotopic (exact) mass is 218 g/mol. The van der Waals surface area contributed by atoms with Crippen LogP contribution in [0.2, 0.25) is 0 Å². The van der Waals surface area contributed by atoms with Crippen molar-refractivity contribution in [2.24, 2.45) is 0 Å². The van der Waals surface area contributed by atoms with Crippen LogP contribution in [-0.2, 0) is 0 Å². The van der Waals surface area contributed by atoms with Crippen LogP contribution in [0.5, 0.6) is 0 Å². The van der Waals surface area contributed by atoms with E-state index in [4.69, 9.17) is 6.42 Å². The minimum atomic E-state index is -0.318. The highest BCUT2D eigenvalue weighted by atomic mass is 16.2. The summed E-state index contributed by atoms with van der Waals surface area (Å²) in [5, 5.41) is 0. The Labute approximate surface area is 94.3 Å². The summed E-state index contributed by atoms with van der Waals surface area (Å²) in [5.74, 6) is 2.10. The molecule has 0 atom stereocenters. The maximum Gasteiger partial charge on any atom is 0.260 e. The van der Waals surface area contributed by atoms with E-state index in [0.29, 0.717) is 6.54 Å². The number of aromatic nitrogens is 1. The second-order valence-electron chi connectivity index (χ2n) is 3.35. The van der Waals surface area contributed by atoms with Crippen LogP contribution in [0.4, 0.5) is 0 Å². The molecule has 0 unspecified atom stereocenters. The molecule has 0 saturated heterocycles. The van der Waals surface area contributed by atoms with E-state index in [2.05, 4.69) is 10.9 Å². The SMILES string of the molecule is C#CCN(CCC)C(=O)c1c[nH]ccc1=O. The molecule has 0 aliphatic rings. The molecule has 1 aromatic rings. The van der Waals surface area contributed by atoms with Crippen molar-refractivity contribution in [3.8, 4) is 12.3 Å². The first-order valence-corrected chi connectivity index (χ1v) is 5.10. The van der Waals surface area contributed by atoms with Crippen LogP contribution in [0.25, 0.3) is 0 Å². The normalized spacial score (nSPS) is 9.50. The predicted molar refractivity (Wildman–Crippen MR) is 62.1 cm³/mol. The molecule has 1 heterocycles. The maximum absolute atomic E-state index is 12.0. The van der Waals surface area contributed by atoms with Gasteiger partial charge in [0, 0.05) is 25.0 Å². The first kappa shape index (κ1) is 12.1. The van der Waals surface area contributed by atoms with Crippen molar-refractivity contribution >= 4 is 5.91 Å². The van der Waals surface area contributed by atoms with E-state index in [-0.39, 0.29) is 23.4 Å². The lowest BCUT2D eigenvalue weighted by atomic mass is 10.2. The van der Waals surface area contributed by atoms with E-state index in [1.165, 1.54) is 23.4 Å². The van der Waals surface area contributed by atoms with Gasteiger partial charge in [-0.2, -0.15) is 0 Å². The number of hydrogen-bond donors (Lipinski definition) is 1. The van der Waals surface area contributed by atoms with Crippen LogP contribution in [0.1, 0.15) is 23.7 Å². The summed E-state index contributed by atoms with van der Waals surface area (Å²) in [4.78, 5) is 27.6. The summed E-state index contributed by atoms with van der Waals surface area (Å²) in [6.45, 7) is 2.73. The number of amides is 1. The number of carbonyl (C=O) groups excluding carboxylic acids is 1. The van der Waals surface area contributed by atoms with Crippen LogP contribution in [-0.4, -0.2) is 28.9 Å². The quantitative estimate of drug-likeness (QED) is 0.762. The third-order valence-corrected chi connectivity index (χ3v) is 2.12. The second-order valence-corrected chi connectivity index (χ2v) is 3.35. The molecule has 4 heteroatoms. The lowest BCUT2D eigenvalue weighted by molar-refractivity contribution is 0.0775. The van der Waals surface area contributed by atoms with E-state index in [1.54, 1.807) is 0 Å². The molecule has 1 N–H and O–H groups in total. The third kappa shape index (κ3) is 2.74. The fourth-order valence-corrected chi connectivity index (χ4v) is 1.39. The number of aromatic amines is 1. The van der Waals surface area contributed by atoms with Gasteiger partial charge in [-0.3, -0.25) is 9.59 Å². The van der Waals surface area contributed by atoms with Crippen LogP contribution in [0.3, 0.4) is 0 Å². The van der Waals surface area contributed by atoms with Gasteiger partial charge in [-0.25, -0.2) is 0 Å². The van der Waals surface area contributed by atoms with Crippen molar-refractivity contribution in [2.45, 2.75) is 13.3 Å². The Hall–Kier alpha value is -2.02. The number of rotatable bonds is 4. The number of H-pyrrole nitrogens is 1. The molecule has 0 fully saturated rings. The number of nitrogens with zero attached hydrogens (tertiary/aromatic N) is 1. The molecule has 0 aromatic carbocycles. The van der Waals surface area contributed by atoms with Crippen molar-refractivity contribution in [1.29, 1.82) is 0 Å². The third-order valence-electron chi connectivity index (χ3n) is 2.12. The number of pyridine rings is 1. The van der Waals surface area contributed by atoms with Gasteiger partial charge >= 0.3 is 0 Å². The van der Waals surface area contributed by atoms with E-state index in [1.807, 2.05) is 6.92 Å². The van der Waals surface area contributed by atoms with Crippen molar-refractivity contribution in [3.05, 3.63) is 34.2 Å². The zero-order valence-corrected chi connectivity index (χ0v) is 9.19. The molecule has 0 aliphatic carbocycles. The van der Waals surface area contributed by atoms with Gasteiger partial charge < -0.3 is 9.88 Å². The highest BCUT2D eigenvalue weighted by Gasteiger charge is 2.16. The Morgan fingerprint density at radius 1 is 1.62 bits per heavy atom. The van der Waals surface area contributed by atoms with Gasteiger partial charge in [0.05, 0.1) is 6.54 Å². The molecule has 84 valence electrons. The van der Waals surface area contributed by atoms with E-state index in [0.717, 1.165) is 6.42 Å². The van der Waals surface area contributed by atoms with Gasteiger partial charge in [-0.15, -0.1) is 6.42 Å². The predicted octanol–water partition coefficient (Wildman–Crippen LogP) is 0.860. The minimum Gasteiger partial charge on any atom is -0.367 e. The van der Waals surface area contributed by atoms with Gasteiger partial charge in [0.1, 0.15) is 5.56 Å². The van der Waals surface area contributed by atoms with Crippen LogP contribution < -0.4 is 5.43 Å². The Kier molecular flexibility index (Phi) is 4.34. The fraction of sp³-hybridized carbons (Fsp3) is 0.333. The molecule has 0 aliphatic heterocycles. The molecule has 16 heavy (non-hydrogen) atoms. The molecule has 0 bridgehead atoms. The Balaban J connectivity index is 2.95. The van der Waals surface area contributed by atoms with Crippen LogP contribution in [0, 0.1) is 12.3 Å². The van der Waals surface area contributed by atoms with E-state index < -0.39 is 0 Å². The minimum absolute atomic E-state index is 0.131. The van der Waals surface area contributed by atoms with E-state index >= 15 is 0 Å². The average Bonchev–Trinajstić information content (AvgIpc) is 2.28. The molecule has 0 spiro atoms. The number of nitrogens with one attached hydrogen (secondary N) is 1. The van der Waals surface area contributed by atoms with Crippen molar-refractivity contribution in [3.63, 3.8) is 0 Å². The highest BCUT2D eigenvalue weighted by molar-refractivity contribution is 5.93. The highest BCUT2D eigenvalue weighted by Crippen LogP contribution is 1.99. The molecule has 1 rings (SSSR count). The molecular formula is C12H14N2O2. The van der Waals surface area contributed by atoms with Gasteiger partial charge in [0.25, 0.3) is 5.91 Å². The second kappa shape index (κ2) is 5.76. The van der Waals surface area contributed by atoms with Crippen molar-refractivity contribution < 1.29 is 4.79 Å². The molecular weight excluding hydrogens is 204 g/mol. The summed E-state index contributed by atoms with van der Waals surface area (Å²) in [7, 11) is 0. The van der Waals surface area contributed by atoms with Gasteiger partial charge in [-0.1, -0.05) is 12.8 Å². The largest absolute Gasteiger partial charge is 0.367 e. The summed E-state index contributed by atoms with van der Waals surface area (Å²) in [5.41, 5.74) is -0.159. The summed E-state index contributed by atoms with van der Waals surface area (Å²) in [6, 6.07) is 1.33. The lowest BCUT2D eigenvalue weighted by Crippen LogP contribution is -2.35. The maximum atomic E-state index is 12.0. The number of hydrogen-bond acceptors (Lipinski definition) is 2. The van der Waals surface area contributed by atoms with Crippen LogP contribution >= 0.6 is 0 Å². The Morgan fingerprint density at radius 3 is 2.94 bits per heavy atom. The summed E-state index contributed by atoms with van der Waals surface area (Å²) < 4.78 is 0. The van der Waals surface area contributed by atoms with Crippen LogP contribution in [0.15, 0.2) is 23.3 Å². The molecule has 1 aromatic heterocycles. The first-order chi connectivity index (χ1) is 7.70. The van der Waals surface area contributed by atoms with E-state index in [9.17, 15) is 9.59 Å². The van der Waals surface area contributed by atoms with Crippen molar-refractivity contribution in [1.82, 2.24) is 9.88 Å². The molecule has 4 nitrogen and oxygen atoms in total. The number of carbonyl (C=O) groups is 1. The fourth-order valence-electron chi connectivity index (χ4n) is 1.39. The molecule has 0 radical (unpaired) electrons. The topological polar surface area (TPSA) is 53.2 Å². The lowest BCUT2D eigenvalue weighted by Gasteiger charge is -2.18. The van der Waals surface area contributed by atoms with Crippen molar-refractivity contribution in [2.75, 3.05) is 13.1 Å². The first-order valence-electron chi connectivity index (χ1n) is 5.10. The van der Waals surface area contributed by atoms with Gasteiger partial charge in [0.15, 0.2) is 5.43 Å². The molecule has 1 amide bonds. The zero-order valence-electron chi connectivity index (χ0n) is 9.19. The standard InChI is InChI=1S/C12H14N2O2/c1-3-7-14(8-4-2)12(16)10-9-13-6-5-11(10)15/h1,5-6,9H,4,7-8H2,2H3,(H,13,15). The van der Waals surface area contributed by atoms with Gasteiger partial charge in [-0.05, 0) is 6.42 Å². The number of terminal acetylenes is 1. The zero-order chi connectivity index (χ0) is 12.0. The average molecular weight is 218 g/mol. The molecule has 0 saturated carbocycles. The Morgan fingerprint density at radius 2 is 2.38 bits per heavy atom. The smallest absolute Gasteiger partial charge is 0.260 e.